The number of nitro groups is 1. The van der Waals surface area contributed by atoms with Gasteiger partial charge in [0.15, 0.2) is 0 Å². The lowest BCUT2D eigenvalue weighted by Crippen LogP contribution is -2.24. The maximum atomic E-state index is 11.9. The van der Waals surface area contributed by atoms with Crippen LogP contribution in [-0.4, -0.2) is 31.9 Å². The molecule has 2 aromatic rings. The molecule has 0 atom stereocenters. The first kappa shape index (κ1) is 17.6. The van der Waals surface area contributed by atoms with Gasteiger partial charge in [0.25, 0.3) is 11.6 Å². The van der Waals surface area contributed by atoms with Crippen molar-refractivity contribution >= 4 is 33.7 Å². The van der Waals surface area contributed by atoms with Crippen LogP contribution in [0.15, 0.2) is 27.8 Å². The summed E-state index contributed by atoms with van der Waals surface area (Å²) in [7, 11) is 0. The number of halogens is 1. The average molecular weight is 396 g/mol. The zero-order valence-corrected chi connectivity index (χ0v) is 14.4. The van der Waals surface area contributed by atoms with E-state index in [4.69, 9.17) is 0 Å². The van der Waals surface area contributed by atoms with Crippen LogP contribution in [0.5, 0.6) is 5.75 Å². The number of aryl methyl sites for hydroxylation is 1. The number of phenolic OH excluding ortho intramolecular Hbond substituents is 1. The number of nitro benzene ring substituents is 1. The minimum absolute atomic E-state index is 0.0312. The Bertz CT molecular complexity index is 831. The second-order valence-electron chi connectivity index (χ2n) is 4.94. The number of benzene rings is 1. The predicted molar refractivity (Wildman–Crippen MR) is 89.9 cm³/mol. The summed E-state index contributed by atoms with van der Waals surface area (Å²) >= 11 is 3.37. The van der Waals surface area contributed by atoms with Gasteiger partial charge in [-0.3, -0.25) is 19.6 Å². The SMILES string of the molecule is Cc1nn(CC(=O)N/N=C\c2cc([N+](=O)[O-])ccc2O)c(C)c1Br. The topological polar surface area (TPSA) is 123 Å². The Kier molecular flexibility index (Phi) is 5.29. The molecule has 0 saturated carbocycles. The first-order valence-corrected chi connectivity index (χ1v) is 7.57. The number of nitrogens with zero attached hydrogens (tertiary/aromatic N) is 4. The Hall–Kier alpha value is -2.75. The van der Waals surface area contributed by atoms with Crippen LogP contribution >= 0.6 is 15.9 Å². The van der Waals surface area contributed by atoms with E-state index < -0.39 is 10.8 Å². The number of carbonyl (C=O) groups is 1. The molecule has 0 saturated heterocycles. The minimum Gasteiger partial charge on any atom is -0.507 e. The van der Waals surface area contributed by atoms with Gasteiger partial charge in [-0.15, -0.1) is 0 Å². The van der Waals surface area contributed by atoms with E-state index in [2.05, 4.69) is 31.6 Å². The molecule has 10 heteroatoms. The Morgan fingerprint density at radius 3 is 2.83 bits per heavy atom. The third-order valence-electron chi connectivity index (χ3n) is 3.20. The number of amides is 1. The van der Waals surface area contributed by atoms with Gasteiger partial charge in [0.2, 0.25) is 0 Å². The summed E-state index contributed by atoms with van der Waals surface area (Å²) in [5, 5.41) is 28.2. The number of aromatic hydroxyl groups is 1. The molecule has 1 amide bonds. The zero-order valence-electron chi connectivity index (χ0n) is 12.9. The van der Waals surface area contributed by atoms with Crippen molar-refractivity contribution in [2.75, 3.05) is 0 Å². The lowest BCUT2D eigenvalue weighted by molar-refractivity contribution is -0.384. The molecule has 24 heavy (non-hydrogen) atoms. The highest BCUT2D eigenvalue weighted by atomic mass is 79.9. The number of aromatic nitrogens is 2. The summed E-state index contributed by atoms with van der Waals surface area (Å²) in [6.07, 6.45) is 1.14. The molecule has 9 nitrogen and oxygen atoms in total. The van der Waals surface area contributed by atoms with Gasteiger partial charge in [-0.25, -0.2) is 5.43 Å². The summed E-state index contributed by atoms with van der Waals surface area (Å²) in [6, 6.07) is 3.52. The highest BCUT2D eigenvalue weighted by Crippen LogP contribution is 2.21. The third kappa shape index (κ3) is 3.96. The highest BCUT2D eigenvalue weighted by Gasteiger charge is 2.12. The number of non-ortho nitro benzene ring substituents is 1. The van der Waals surface area contributed by atoms with Crippen molar-refractivity contribution in [3.05, 3.63) is 49.7 Å². The van der Waals surface area contributed by atoms with Gasteiger partial charge in [0, 0.05) is 17.7 Å². The van der Waals surface area contributed by atoms with E-state index in [1.54, 1.807) is 0 Å². The van der Waals surface area contributed by atoms with Crippen LogP contribution in [0.3, 0.4) is 0 Å². The molecular weight excluding hydrogens is 382 g/mol. The summed E-state index contributed by atoms with van der Waals surface area (Å²) in [5.41, 5.74) is 3.80. The minimum atomic E-state index is -0.587. The fraction of sp³-hybridized carbons (Fsp3) is 0.214. The second-order valence-corrected chi connectivity index (χ2v) is 5.73. The molecule has 2 rings (SSSR count). The predicted octanol–water partition coefficient (Wildman–Crippen LogP) is 2.03. The van der Waals surface area contributed by atoms with E-state index in [-0.39, 0.29) is 23.5 Å². The lowest BCUT2D eigenvalue weighted by Gasteiger charge is -2.03. The number of hydrogen-bond donors (Lipinski definition) is 2. The van der Waals surface area contributed by atoms with Crippen molar-refractivity contribution in [2.45, 2.75) is 20.4 Å². The zero-order chi connectivity index (χ0) is 17.9. The Labute approximate surface area is 145 Å². The summed E-state index contributed by atoms with van der Waals surface area (Å²) in [6.45, 7) is 3.60. The summed E-state index contributed by atoms with van der Waals surface area (Å²) < 4.78 is 2.36. The van der Waals surface area contributed by atoms with Gasteiger partial charge in [0.1, 0.15) is 12.3 Å². The molecular formula is C14H14BrN5O4. The molecule has 0 aliphatic rings. The van der Waals surface area contributed by atoms with Crippen LogP contribution in [0, 0.1) is 24.0 Å². The van der Waals surface area contributed by atoms with Crippen molar-refractivity contribution in [2.24, 2.45) is 5.10 Å². The molecule has 126 valence electrons. The summed E-state index contributed by atoms with van der Waals surface area (Å²) in [5.74, 6) is -0.602. The molecule has 0 aliphatic heterocycles. The molecule has 0 spiro atoms. The van der Waals surface area contributed by atoms with E-state index in [1.807, 2.05) is 13.8 Å². The van der Waals surface area contributed by atoms with Gasteiger partial charge < -0.3 is 5.11 Å². The fourth-order valence-electron chi connectivity index (χ4n) is 1.93. The van der Waals surface area contributed by atoms with Crippen LogP contribution < -0.4 is 5.43 Å². The smallest absolute Gasteiger partial charge is 0.270 e. The first-order chi connectivity index (χ1) is 11.3. The van der Waals surface area contributed by atoms with E-state index in [1.165, 1.54) is 16.8 Å². The number of carbonyl (C=O) groups excluding carboxylic acids is 1. The quantitative estimate of drug-likeness (QED) is 0.455. The van der Waals surface area contributed by atoms with Gasteiger partial charge in [-0.2, -0.15) is 10.2 Å². The second kappa shape index (κ2) is 7.21. The van der Waals surface area contributed by atoms with E-state index in [0.717, 1.165) is 28.1 Å². The van der Waals surface area contributed by atoms with Crippen LogP contribution in [0.4, 0.5) is 5.69 Å². The number of hydrogen-bond acceptors (Lipinski definition) is 6. The van der Waals surface area contributed by atoms with Crippen LogP contribution in [-0.2, 0) is 11.3 Å². The number of hydrazone groups is 1. The van der Waals surface area contributed by atoms with Gasteiger partial charge in [-0.05, 0) is 35.8 Å². The van der Waals surface area contributed by atoms with Gasteiger partial charge in [-0.1, -0.05) is 0 Å². The monoisotopic (exact) mass is 395 g/mol. The maximum absolute atomic E-state index is 11.9. The van der Waals surface area contributed by atoms with Crippen LogP contribution in [0.25, 0.3) is 0 Å². The fourth-order valence-corrected chi connectivity index (χ4v) is 2.22. The normalized spacial score (nSPS) is 11.0. The standard InChI is InChI=1S/C14H14BrN5O4/c1-8-14(15)9(2)19(18-8)7-13(22)17-16-6-10-5-11(20(23)24)3-4-12(10)21/h3-6,21H,7H2,1-2H3,(H,17,22)/b16-6-. The Morgan fingerprint density at radius 2 is 2.25 bits per heavy atom. The van der Waals surface area contributed by atoms with Crippen molar-refractivity contribution < 1.29 is 14.8 Å². The van der Waals surface area contributed by atoms with Gasteiger partial charge >= 0.3 is 0 Å². The van der Waals surface area contributed by atoms with Crippen LogP contribution in [0.2, 0.25) is 0 Å². The van der Waals surface area contributed by atoms with Crippen molar-refractivity contribution in [1.82, 2.24) is 15.2 Å². The number of rotatable bonds is 5. The van der Waals surface area contributed by atoms with Crippen molar-refractivity contribution in [1.29, 1.82) is 0 Å². The van der Waals surface area contributed by atoms with Crippen molar-refractivity contribution in [3.63, 3.8) is 0 Å². The first-order valence-electron chi connectivity index (χ1n) is 6.78. The van der Waals surface area contributed by atoms with Crippen LogP contribution in [0.1, 0.15) is 17.0 Å². The number of nitrogens with one attached hydrogen (secondary N) is 1. The van der Waals surface area contributed by atoms with Gasteiger partial charge in [0.05, 0.1) is 27.0 Å². The third-order valence-corrected chi connectivity index (χ3v) is 4.35. The molecule has 1 heterocycles. The highest BCUT2D eigenvalue weighted by molar-refractivity contribution is 9.10. The average Bonchev–Trinajstić information content (AvgIpc) is 2.76. The maximum Gasteiger partial charge on any atom is 0.270 e. The molecule has 0 bridgehead atoms. The van der Waals surface area contributed by atoms with E-state index in [0.29, 0.717) is 0 Å². The van der Waals surface area contributed by atoms with Crippen molar-refractivity contribution in [3.8, 4) is 5.75 Å². The lowest BCUT2D eigenvalue weighted by atomic mass is 10.2. The Morgan fingerprint density at radius 1 is 1.54 bits per heavy atom. The molecule has 0 aliphatic carbocycles. The molecule has 0 unspecified atom stereocenters. The molecule has 0 fully saturated rings. The summed E-state index contributed by atoms with van der Waals surface area (Å²) in [4.78, 5) is 22.0. The molecule has 0 radical (unpaired) electrons. The van der Waals surface area contributed by atoms with E-state index >= 15 is 0 Å². The molecule has 2 N–H and O–H groups in total. The molecule has 1 aromatic heterocycles. The Balaban J connectivity index is 2.03. The molecule has 1 aromatic carbocycles. The van der Waals surface area contributed by atoms with E-state index in [9.17, 15) is 20.0 Å². The number of phenols is 1. The largest absolute Gasteiger partial charge is 0.507 e.